The van der Waals surface area contributed by atoms with Crippen LogP contribution in [0.15, 0.2) is 24.3 Å². The van der Waals surface area contributed by atoms with E-state index in [9.17, 15) is 14.2 Å². The van der Waals surface area contributed by atoms with E-state index in [1.165, 1.54) is 24.2 Å². The Kier molecular flexibility index (Phi) is 10.8. The first-order valence-corrected chi connectivity index (χ1v) is 13.1. The van der Waals surface area contributed by atoms with Gasteiger partial charge in [0, 0.05) is 6.54 Å². The molecule has 0 aromatic heterocycles. The lowest BCUT2D eigenvalue weighted by Gasteiger charge is -2.16. The standard InChI is InChI=1S/C23H36NO5P/c1-3-28-30(27,29-4-2)19-15-11-9-7-5-6-8-10-14-18-24-22(25)20-16-12-13-17-21(20)23(24)26/h12-13,16-17H,3-11,14-15,18-19H2,1-2H3. The van der Waals surface area contributed by atoms with E-state index in [0.717, 1.165) is 38.5 Å². The first-order chi connectivity index (χ1) is 14.5. The smallest absolute Gasteiger partial charge is 0.309 e. The van der Waals surface area contributed by atoms with Gasteiger partial charge in [-0.2, -0.15) is 0 Å². The maximum absolute atomic E-state index is 12.4. The van der Waals surface area contributed by atoms with Crippen LogP contribution in [0.2, 0.25) is 0 Å². The fourth-order valence-corrected chi connectivity index (χ4v) is 5.55. The highest BCUT2D eigenvalue weighted by Gasteiger charge is 2.34. The Bertz CT molecular complexity index is 691. The van der Waals surface area contributed by atoms with E-state index in [-0.39, 0.29) is 11.8 Å². The summed E-state index contributed by atoms with van der Waals surface area (Å²) in [5.41, 5.74) is 1.06. The Balaban J connectivity index is 1.48. The Morgan fingerprint density at radius 2 is 1.17 bits per heavy atom. The van der Waals surface area contributed by atoms with Gasteiger partial charge in [-0.1, -0.05) is 57.1 Å². The van der Waals surface area contributed by atoms with Gasteiger partial charge in [-0.25, -0.2) is 0 Å². The Morgan fingerprint density at radius 3 is 1.63 bits per heavy atom. The van der Waals surface area contributed by atoms with Crippen molar-refractivity contribution in [3.8, 4) is 0 Å². The SMILES string of the molecule is CCOP(=O)(CCCCCCCCCCCN1C(=O)c2ccccc2C1=O)OCC. The molecule has 1 aromatic rings. The van der Waals surface area contributed by atoms with Crippen LogP contribution in [0.3, 0.4) is 0 Å². The molecule has 7 heteroatoms. The lowest BCUT2D eigenvalue weighted by molar-refractivity contribution is 0.0651. The van der Waals surface area contributed by atoms with Crippen LogP contribution in [0.5, 0.6) is 0 Å². The number of hydrogen-bond acceptors (Lipinski definition) is 5. The summed E-state index contributed by atoms with van der Waals surface area (Å²) in [5, 5.41) is 0. The van der Waals surface area contributed by atoms with E-state index in [1.54, 1.807) is 24.3 Å². The number of nitrogens with zero attached hydrogens (tertiary/aromatic N) is 1. The molecule has 0 radical (unpaired) electrons. The first-order valence-electron chi connectivity index (χ1n) is 11.4. The van der Waals surface area contributed by atoms with E-state index >= 15 is 0 Å². The molecule has 0 fully saturated rings. The molecule has 1 heterocycles. The molecule has 0 unspecified atom stereocenters. The summed E-state index contributed by atoms with van der Waals surface area (Å²) < 4.78 is 23.0. The molecule has 0 N–H and O–H groups in total. The number of amides is 2. The van der Waals surface area contributed by atoms with Gasteiger partial charge >= 0.3 is 7.60 Å². The molecule has 0 saturated carbocycles. The van der Waals surface area contributed by atoms with Crippen molar-refractivity contribution >= 4 is 19.4 Å². The van der Waals surface area contributed by atoms with Gasteiger partial charge in [-0.05, 0) is 38.8 Å². The van der Waals surface area contributed by atoms with Crippen molar-refractivity contribution in [3.05, 3.63) is 35.4 Å². The Hall–Kier alpha value is -1.49. The molecular weight excluding hydrogens is 401 g/mol. The molecule has 168 valence electrons. The summed E-state index contributed by atoms with van der Waals surface area (Å²) in [6.45, 7) is 5.03. The van der Waals surface area contributed by atoms with Gasteiger partial charge in [0.25, 0.3) is 11.8 Å². The number of fused-ring (bicyclic) bond motifs is 1. The topological polar surface area (TPSA) is 72.9 Å². The van der Waals surface area contributed by atoms with Gasteiger partial charge in [0.15, 0.2) is 0 Å². The molecule has 2 amide bonds. The fraction of sp³-hybridized carbons (Fsp3) is 0.652. The van der Waals surface area contributed by atoms with Crippen LogP contribution in [-0.4, -0.2) is 42.6 Å². The van der Waals surface area contributed by atoms with Crippen LogP contribution in [0.1, 0.15) is 92.4 Å². The monoisotopic (exact) mass is 437 g/mol. The summed E-state index contributed by atoms with van der Waals surface area (Å²) in [4.78, 5) is 26.0. The average Bonchev–Trinajstić information content (AvgIpc) is 2.97. The van der Waals surface area contributed by atoms with Gasteiger partial charge < -0.3 is 9.05 Å². The minimum absolute atomic E-state index is 0.158. The van der Waals surface area contributed by atoms with Gasteiger partial charge in [-0.3, -0.25) is 19.1 Å². The second kappa shape index (κ2) is 13.0. The van der Waals surface area contributed by atoms with E-state index in [0.29, 0.717) is 37.0 Å². The van der Waals surface area contributed by atoms with E-state index in [2.05, 4.69) is 0 Å². The third-order valence-corrected chi connectivity index (χ3v) is 7.51. The van der Waals surface area contributed by atoms with Crippen molar-refractivity contribution in [1.29, 1.82) is 0 Å². The maximum Gasteiger partial charge on any atom is 0.330 e. The van der Waals surface area contributed by atoms with Crippen molar-refractivity contribution in [2.45, 2.75) is 71.6 Å². The summed E-state index contributed by atoms with van der Waals surface area (Å²) >= 11 is 0. The van der Waals surface area contributed by atoms with Gasteiger partial charge in [0.1, 0.15) is 0 Å². The van der Waals surface area contributed by atoms with Crippen LogP contribution in [0.4, 0.5) is 0 Å². The average molecular weight is 438 g/mol. The largest absolute Gasteiger partial charge is 0.330 e. The fourth-order valence-electron chi connectivity index (χ4n) is 3.81. The van der Waals surface area contributed by atoms with Crippen LogP contribution in [0.25, 0.3) is 0 Å². The highest BCUT2D eigenvalue weighted by atomic mass is 31.2. The second-order valence-electron chi connectivity index (χ2n) is 7.66. The van der Waals surface area contributed by atoms with Crippen LogP contribution >= 0.6 is 7.60 Å². The number of unbranched alkanes of at least 4 members (excludes halogenated alkanes) is 8. The molecule has 1 aliphatic heterocycles. The van der Waals surface area contributed by atoms with Crippen molar-refractivity contribution in [2.75, 3.05) is 25.9 Å². The molecule has 1 aromatic carbocycles. The van der Waals surface area contributed by atoms with Crippen molar-refractivity contribution in [3.63, 3.8) is 0 Å². The minimum atomic E-state index is -2.88. The summed E-state index contributed by atoms with van der Waals surface area (Å²) in [5.74, 6) is -0.317. The predicted molar refractivity (Wildman–Crippen MR) is 119 cm³/mol. The van der Waals surface area contributed by atoms with E-state index < -0.39 is 7.60 Å². The quantitative estimate of drug-likeness (QED) is 0.179. The van der Waals surface area contributed by atoms with Crippen LogP contribution in [0, 0.1) is 0 Å². The minimum Gasteiger partial charge on any atom is -0.309 e. The zero-order chi connectivity index (χ0) is 21.8. The highest BCUT2D eigenvalue weighted by Crippen LogP contribution is 2.48. The van der Waals surface area contributed by atoms with Crippen molar-refractivity contribution in [1.82, 2.24) is 4.90 Å². The van der Waals surface area contributed by atoms with E-state index in [4.69, 9.17) is 9.05 Å². The molecule has 2 rings (SSSR count). The number of imide groups is 1. The third kappa shape index (κ3) is 7.33. The van der Waals surface area contributed by atoms with Gasteiger partial charge in [-0.15, -0.1) is 0 Å². The molecule has 0 atom stereocenters. The zero-order valence-electron chi connectivity index (χ0n) is 18.4. The highest BCUT2D eigenvalue weighted by molar-refractivity contribution is 7.53. The lowest BCUT2D eigenvalue weighted by atomic mass is 10.1. The second-order valence-corrected chi connectivity index (χ2v) is 9.84. The lowest BCUT2D eigenvalue weighted by Crippen LogP contribution is -2.30. The molecule has 0 saturated heterocycles. The number of carbonyl (C=O) groups is 2. The Labute approximate surface area is 180 Å². The molecule has 0 bridgehead atoms. The Morgan fingerprint density at radius 1 is 0.733 bits per heavy atom. The third-order valence-electron chi connectivity index (χ3n) is 5.34. The summed E-state index contributed by atoms with van der Waals surface area (Å²) in [6, 6.07) is 7.04. The van der Waals surface area contributed by atoms with Gasteiger partial charge in [0.2, 0.25) is 0 Å². The molecular formula is C23H36NO5P. The number of rotatable bonds is 16. The number of carbonyl (C=O) groups excluding carboxylic acids is 2. The molecule has 1 aliphatic rings. The summed E-state index contributed by atoms with van der Waals surface area (Å²) in [6.07, 6.45) is 10.1. The molecule has 30 heavy (non-hydrogen) atoms. The van der Waals surface area contributed by atoms with Crippen molar-refractivity contribution in [2.24, 2.45) is 0 Å². The predicted octanol–water partition coefficient (Wildman–Crippen LogP) is 6.06. The molecule has 6 nitrogen and oxygen atoms in total. The van der Waals surface area contributed by atoms with Crippen LogP contribution < -0.4 is 0 Å². The first kappa shape index (κ1) is 24.8. The number of benzene rings is 1. The molecule has 0 aliphatic carbocycles. The van der Waals surface area contributed by atoms with Gasteiger partial charge in [0.05, 0.1) is 30.5 Å². The maximum atomic E-state index is 12.4. The normalized spacial score (nSPS) is 13.9. The number of hydrogen-bond donors (Lipinski definition) is 0. The molecule has 0 spiro atoms. The summed E-state index contributed by atoms with van der Waals surface area (Å²) in [7, 11) is -2.88. The van der Waals surface area contributed by atoms with E-state index in [1.807, 2.05) is 13.8 Å². The zero-order valence-corrected chi connectivity index (χ0v) is 19.3. The van der Waals surface area contributed by atoms with Crippen molar-refractivity contribution < 1.29 is 23.2 Å². The van der Waals surface area contributed by atoms with Crippen LogP contribution in [-0.2, 0) is 13.6 Å².